The summed E-state index contributed by atoms with van der Waals surface area (Å²) < 4.78 is 0. The minimum atomic E-state index is -0.408. The van der Waals surface area contributed by atoms with Crippen molar-refractivity contribution in [1.29, 1.82) is 0 Å². The van der Waals surface area contributed by atoms with Crippen molar-refractivity contribution in [2.24, 2.45) is 5.73 Å². The Morgan fingerprint density at radius 1 is 1.33 bits per heavy atom. The third-order valence-electron chi connectivity index (χ3n) is 4.07. The first-order chi connectivity index (χ1) is 10.1. The number of hydrogen-bond acceptors (Lipinski definition) is 5. The first-order valence-corrected chi connectivity index (χ1v) is 7.30. The number of nitrogens with one attached hydrogen (secondary N) is 2. The number of nitrogens with zero attached hydrogens (tertiary/aromatic N) is 2. The summed E-state index contributed by atoms with van der Waals surface area (Å²) in [6, 6.07) is 4.94. The minimum absolute atomic E-state index is 0.0591. The number of nitro groups is 1. The highest BCUT2D eigenvalue weighted by Crippen LogP contribution is 2.23. The summed E-state index contributed by atoms with van der Waals surface area (Å²) in [4.78, 5) is 17.9. The van der Waals surface area contributed by atoms with E-state index >= 15 is 0 Å². The van der Waals surface area contributed by atoms with Crippen molar-refractivity contribution in [1.82, 2.24) is 9.97 Å². The van der Waals surface area contributed by atoms with Gasteiger partial charge >= 0.3 is 0 Å². The van der Waals surface area contributed by atoms with Crippen LogP contribution < -0.4 is 11.1 Å². The smallest absolute Gasteiger partial charge is 0.271 e. The number of non-ortho nitro benzene ring substituents is 1. The number of benzene rings is 1. The lowest BCUT2D eigenvalue weighted by atomic mass is 10.0. The highest BCUT2D eigenvalue weighted by molar-refractivity contribution is 5.79. The van der Waals surface area contributed by atoms with Crippen molar-refractivity contribution >= 4 is 22.7 Å². The van der Waals surface area contributed by atoms with E-state index in [0.29, 0.717) is 17.0 Å². The van der Waals surface area contributed by atoms with Crippen LogP contribution >= 0.6 is 0 Å². The van der Waals surface area contributed by atoms with Crippen LogP contribution in [0.2, 0.25) is 0 Å². The van der Waals surface area contributed by atoms with Gasteiger partial charge in [0.1, 0.15) is 0 Å². The maximum atomic E-state index is 10.8. The lowest BCUT2D eigenvalue weighted by Crippen LogP contribution is -2.39. The maximum absolute atomic E-state index is 10.8. The van der Waals surface area contributed by atoms with E-state index < -0.39 is 4.92 Å². The van der Waals surface area contributed by atoms with Gasteiger partial charge < -0.3 is 16.0 Å². The molecule has 1 aliphatic rings. The fourth-order valence-corrected chi connectivity index (χ4v) is 2.87. The first-order valence-electron chi connectivity index (χ1n) is 7.30. The number of anilines is 1. The number of hydrogen-bond donors (Lipinski definition) is 3. The van der Waals surface area contributed by atoms with E-state index in [1.165, 1.54) is 25.0 Å². The fraction of sp³-hybridized carbons (Fsp3) is 0.500. The van der Waals surface area contributed by atoms with Gasteiger partial charge in [-0.25, -0.2) is 4.98 Å². The lowest BCUT2D eigenvalue weighted by molar-refractivity contribution is -0.384. The maximum Gasteiger partial charge on any atom is 0.271 e. The zero-order chi connectivity index (χ0) is 14.8. The van der Waals surface area contributed by atoms with Gasteiger partial charge in [0.15, 0.2) is 0 Å². The van der Waals surface area contributed by atoms with Crippen LogP contribution in [0.15, 0.2) is 18.2 Å². The molecule has 2 aromatic rings. The molecule has 0 spiro atoms. The summed E-state index contributed by atoms with van der Waals surface area (Å²) in [6.45, 7) is 0. The normalized spacial score (nSPS) is 22.9. The van der Waals surface area contributed by atoms with Gasteiger partial charge in [-0.15, -0.1) is 0 Å². The van der Waals surface area contributed by atoms with Crippen molar-refractivity contribution in [3.8, 4) is 0 Å². The second kappa shape index (κ2) is 5.69. The highest BCUT2D eigenvalue weighted by atomic mass is 16.6. The third-order valence-corrected chi connectivity index (χ3v) is 4.07. The number of nitro benzene ring substituents is 1. The number of nitrogens with two attached hydrogens (primary N) is 1. The Morgan fingerprint density at radius 2 is 2.14 bits per heavy atom. The van der Waals surface area contributed by atoms with Crippen LogP contribution in [0.1, 0.15) is 32.1 Å². The van der Waals surface area contributed by atoms with Crippen molar-refractivity contribution < 1.29 is 4.92 Å². The summed E-state index contributed by atoms with van der Waals surface area (Å²) in [5, 5.41) is 14.1. The number of H-pyrrole nitrogens is 1. The van der Waals surface area contributed by atoms with Crippen LogP contribution in [-0.4, -0.2) is 27.0 Å². The molecule has 0 amide bonds. The molecule has 0 bridgehead atoms. The van der Waals surface area contributed by atoms with E-state index in [2.05, 4.69) is 15.3 Å². The SMILES string of the molecule is NC1CCCCCC1Nc1nc2ccc([N+](=O)[O-])cc2[nH]1. The van der Waals surface area contributed by atoms with Crippen molar-refractivity contribution in [3.05, 3.63) is 28.3 Å². The van der Waals surface area contributed by atoms with Crippen LogP contribution in [0.3, 0.4) is 0 Å². The highest BCUT2D eigenvalue weighted by Gasteiger charge is 2.21. The molecule has 1 saturated carbocycles. The Morgan fingerprint density at radius 3 is 2.95 bits per heavy atom. The van der Waals surface area contributed by atoms with E-state index in [-0.39, 0.29) is 17.8 Å². The molecule has 3 rings (SSSR count). The van der Waals surface area contributed by atoms with Gasteiger partial charge in [-0.3, -0.25) is 10.1 Å². The average molecular weight is 289 g/mol. The summed E-state index contributed by atoms with van der Waals surface area (Å²) in [6.07, 6.45) is 5.60. The first kappa shape index (κ1) is 13.8. The third kappa shape index (κ3) is 2.97. The van der Waals surface area contributed by atoms with Crippen LogP contribution in [-0.2, 0) is 0 Å². The zero-order valence-corrected chi connectivity index (χ0v) is 11.7. The van der Waals surface area contributed by atoms with Gasteiger partial charge in [0, 0.05) is 24.2 Å². The Balaban J connectivity index is 1.82. The van der Waals surface area contributed by atoms with Crippen LogP contribution in [0.25, 0.3) is 11.0 Å². The van der Waals surface area contributed by atoms with Gasteiger partial charge in [0.05, 0.1) is 16.0 Å². The molecule has 2 unspecified atom stereocenters. The number of imidazole rings is 1. The number of rotatable bonds is 3. The molecule has 112 valence electrons. The van der Waals surface area contributed by atoms with E-state index in [4.69, 9.17) is 5.73 Å². The molecule has 1 aromatic heterocycles. The summed E-state index contributed by atoms with van der Waals surface area (Å²) >= 11 is 0. The predicted octanol–water partition coefficient (Wildman–Crippen LogP) is 2.54. The molecule has 1 aliphatic carbocycles. The molecule has 2 atom stereocenters. The second-order valence-corrected chi connectivity index (χ2v) is 5.60. The molecule has 0 aliphatic heterocycles. The minimum Gasteiger partial charge on any atom is -0.352 e. The molecule has 21 heavy (non-hydrogen) atoms. The van der Waals surface area contributed by atoms with Gasteiger partial charge in [-0.1, -0.05) is 19.3 Å². The lowest BCUT2D eigenvalue weighted by Gasteiger charge is -2.22. The van der Waals surface area contributed by atoms with E-state index in [1.54, 1.807) is 6.07 Å². The Hall–Kier alpha value is -2.15. The molecular weight excluding hydrogens is 270 g/mol. The van der Waals surface area contributed by atoms with Gasteiger partial charge in [0.2, 0.25) is 5.95 Å². The predicted molar refractivity (Wildman–Crippen MR) is 81.2 cm³/mol. The van der Waals surface area contributed by atoms with E-state index in [0.717, 1.165) is 19.3 Å². The fourth-order valence-electron chi connectivity index (χ4n) is 2.87. The van der Waals surface area contributed by atoms with Crippen LogP contribution in [0.5, 0.6) is 0 Å². The quantitative estimate of drug-likeness (QED) is 0.457. The molecule has 0 radical (unpaired) electrons. The molecule has 4 N–H and O–H groups in total. The zero-order valence-electron chi connectivity index (χ0n) is 11.7. The Labute approximate surface area is 122 Å². The molecule has 7 heteroatoms. The topological polar surface area (TPSA) is 110 Å². The Bertz CT molecular complexity index is 654. The number of aromatic nitrogens is 2. The standard InChI is InChI=1S/C14H19N5O2/c15-10-4-2-1-3-5-11(10)16-14-17-12-7-6-9(19(20)21)8-13(12)18-14/h6-8,10-11H,1-5,15H2,(H2,16,17,18). The summed E-state index contributed by atoms with van der Waals surface area (Å²) in [5.74, 6) is 0.632. The molecule has 1 fully saturated rings. The van der Waals surface area contributed by atoms with Gasteiger partial charge in [0.25, 0.3) is 5.69 Å². The largest absolute Gasteiger partial charge is 0.352 e. The second-order valence-electron chi connectivity index (χ2n) is 5.60. The van der Waals surface area contributed by atoms with Crippen LogP contribution in [0.4, 0.5) is 11.6 Å². The number of fused-ring (bicyclic) bond motifs is 1. The molecule has 0 saturated heterocycles. The monoisotopic (exact) mass is 289 g/mol. The van der Waals surface area contributed by atoms with Crippen LogP contribution in [0, 0.1) is 10.1 Å². The number of aromatic amines is 1. The van der Waals surface area contributed by atoms with E-state index in [9.17, 15) is 10.1 Å². The molecule has 1 heterocycles. The van der Waals surface area contributed by atoms with Crippen molar-refractivity contribution in [2.45, 2.75) is 44.2 Å². The van der Waals surface area contributed by atoms with E-state index in [1.807, 2.05) is 0 Å². The van der Waals surface area contributed by atoms with Gasteiger partial charge in [-0.05, 0) is 18.9 Å². The average Bonchev–Trinajstić information content (AvgIpc) is 2.75. The van der Waals surface area contributed by atoms with Gasteiger partial charge in [-0.2, -0.15) is 0 Å². The summed E-state index contributed by atoms with van der Waals surface area (Å²) in [7, 11) is 0. The molecular formula is C14H19N5O2. The molecule has 7 nitrogen and oxygen atoms in total. The van der Waals surface area contributed by atoms with Crippen molar-refractivity contribution in [2.75, 3.05) is 5.32 Å². The summed E-state index contributed by atoms with van der Waals surface area (Å²) in [5.41, 5.74) is 7.62. The molecule has 1 aromatic carbocycles. The van der Waals surface area contributed by atoms with Crippen molar-refractivity contribution in [3.63, 3.8) is 0 Å². The Kier molecular flexibility index (Phi) is 3.74.